The summed E-state index contributed by atoms with van der Waals surface area (Å²) >= 11 is 0. The number of carbonyl (C=O) groups excluding carboxylic acids is 1. The largest absolute Gasteiger partial charge is 0.379 e. The predicted molar refractivity (Wildman–Crippen MR) is 71.5 cm³/mol. The van der Waals surface area contributed by atoms with Crippen LogP contribution in [0.1, 0.15) is 12.5 Å². The topological polar surface area (TPSA) is 79.3 Å². The average Bonchev–Trinajstić information content (AvgIpc) is 2.78. The van der Waals surface area contributed by atoms with Gasteiger partial charge in [-0.25, -0.2) is 0 Å². The van der Waals surface area contributed by atoms with Gasteiger partial charge in [0.05, 0.1) is 29.9 Å². The van der Waals surface area contributed by atoms with E-state index in [1.54, 1.807) is 38.2 Å². The Morgan fingerprint density at radius 2 is 2.26 bits per heavy atom. The maximum absolute atomic E-state index is 12.6. The summed E-state index contributed by atoms with van der Waals surface area (Å²) in [7, 11) is 1.66. The summed E-state index contributed by atoms with van der Waals surface area (Å²) in [5.74, 6) is -0.125. The van der Waals surface area contributed by atoms with E-state index in [4.69, 9.17) is 15.7 Å². The predicted octanol–water partition coefficient (Wildman–Crippen LogP) is 0.885. The van der Waals surface area contributed by atoms with Gasteiger partial charge in [-0.2, -0.15) is 5.26 Å². The van der Waals surface area contributed by atoms with Gasteiger partial charge in [0.25, 0.3) is 0 Å². The van der Waals surface area contributed by atoms with E-state index in [9.17, 15) is 4.79 Å². The van der Waals surface area contributed by atoms with Crippen molar-refractivity contribution in [3.63, 3.8) is 0 Å². The fourth-order valence-electron chi connectivity index (χ4n) is 2.26. The quantitative estimate of drug-likeness (QED) is 0.855. The van der Waals surface area contributed by atoms with E-state index < -0.39 is 5.41 Å². The van der Waals surface area contributed by atoms with Gasteiger partial charge < -0.3 is 15.4 Å². The molecule has 1 aromatic carbocycles. The first-order valence-electron chi connectivity index (χ1n) is 6.11. The van der Waals surface area contributed by atoms with E-state index in [0.29, 0.717) is 24.5 Å². The van der Waals surface area contributed by atoms with Gasteiger partial charge >= 0.3 is 0 Å². The fourth-order valence-corrected chi connectivity index (χ4v) is 2.26. The first kappa shape index (κ1) is 13.5. The maximum atomic E-state index is 12.6. The van der Waals surface area contributed by atoms with Gasteiger partial charge in [-0.1, -0.05) is 12.1 Å². The second-order valence-electron chi connectivity index (χ2n) is 5.03. The van der Waals surface area contributed by atoms with Crippen molar-refractivity contribution in [1.82, 2.24) is 0 Å². The number of nitrogens with two attached hydrogens (primary N) is 1. The third-order valence-corrected chi connectivity index (χ3v) is 3.70. The van der Waals surface area contributed by atoms with Crippen LogP contribution in [0.15, 0.2) is 24.3 Å². The molecule has 1 saturated heterocycles. The molecule has 1 aliphatic rings. The number of hydrogen-bond acceptors (Lipinski definition) is 4. The molecule has 5 heteroatoms. The number of rotatable bonds is 2. The first-order valence-corrected chi connectivity index (χ1v) is 6.11. The SMILES string of the molecule is CN(C(=O)C1(C)COCC1N)c1ccccc1C#N. The van der Waals surface area contributed by atoms with Crippen molar-refractivity contribution in [2.24, 2.45) is 11.1 Å². The van der Waals surface area contributed by atoms with Crippen LogP contribution in [0.25, 0.3) is 0 Å². The molecule has 19 heavy (non-hydrogen) atoms. The molecule has 5 nitrogen and oxygen atoms in total. The van der Waals surface area contributed by atoms with Crippen molar-refractivity contribution in [1.29, 1.82) is 5.26 Å². The Bertz CT molecular complexity index is 538. The van der Waals surface area contributed by atoms with Crippen molar-refractivity contribution in [3.05, 3.63) is 29.8 Å². The van der Waals surface area contributed by atoms with Gasteiger partial charge in [0.2, 0.25) is 5.91 Å². The van der Waals surface area contributed by atoms with Gasteiger partial charge in [0.1, 0.15) is 6.07 Å². The Kier molecular flexibility index (Phi) is 3.56. The number of para-hydroxylation sites is 1. The van der Waals surface area contributed by atoms with Crippen molar-refractivity contribution in [3.8, 4) is 6.07 Å². The fraction of sp³-hybridized carbons (Fsp3) is 0.429. The summed E-state index contributed by atoms with van der Waals surface area (Å²) in [6.07, 6.45) is 0. The summed E-state index contributed by atoms with van der Waals surface area (Å²) in [5.41, 5.74) is 6.28. The summed E-state index contributed by atoms with van der Waals surface area (Å²) < 4.78 is 5.30. The van der Waals surface area contributed by atoms with E-state index in [0.717, 1.165) is 0 Å². The minimum absolute atomic E-state index is 0.125. The highest BCUT2D eigenvalue weighted by Crippen LogP contribution is 2.31. The summed E-state index contributed by atoms with van der Waals surface area (Å²) in [6, 6.07) is 8.77. The van der Waals surface area contributed by atoms with Gasteiger partial charge in [-0.15, -0.1) is 0 Å². The van der Waals surface area contributed by atoms with Crippen LogP contribution in [-0.4, -0.2) is 32.2 Å². The van der Waals surface area contributed by atoms with Gasteiger partial charge in [0, 0.05) is 13.1 Å². The van der Waals surface area contributed by atoms with Crippen LogP contribution in [0, 0.1) is 16.7 Å². The highest BCUT2D eigenvalue weighted by atomic mass is 16.5. The average molecular weight is 259 g/mol. The van der Waals surface area contributed by atoms with Gasteiger partial charge in [-0.05, 0) is 19.1 Å². The van der Waals surface area contributed by atoms with Gasteiger partial charge in [0.15, 0.2) is 0 Å². The van der Waals surface area contributed by atoms with E-state index >= 15 is 0 Å². The van der Waals surface area contributed by atoms with Crippen LogP contribution in [-0.2, 0) is 9.53 Å². The second kappa shape index (κ2) is 5.00. The normalized spacial score (nSPS) is 25.9. The molecule has 2 N–H and O–H groups in total. The molecule has 2 unspecified atom stereocenters. The maximum Gasteiger partial charge on any atom is 0.236 e. The summed E-state index contributed by atoms with van der Waals surface area (Å²) in [6.45, 7) is 2.50. The number of hydrogen-bond donors (Lipinski definition) is 1. The number of carbonyl (C=O) groups is 1. The highest BCUT2D eigenvalue weighted by Gasteiger charge is 2.46. The van der Waals surface area contributed by atoms with Crippen molar-refractivity contribution in [2.45, 2.75) is 13.0 Å². The summed E-state index contributed by atoms with van der Waals surface area (Å²) in [4.78, 5) is 14.1. The molecule has 1 heterocycles. The molecule has 0 bridgehead atoms. The zero-order valence-electron chi connectivity index (χ0n) is 11.1. The Morgan fingerprint density at radius 3 is 2.84 bits per heavy atom. The van der Waals surface area contributed by atoms with E-state index in [-0.39, 0.29) is 11.9 Å². The smallest absolute Gasteiger partial charge is 0.236 e. The molecule has 1 amide bonds. The van der Waals surface area contributed by atoms with E-state index in [1.807, 2.05) is 0 Å². The monoisotopic (exact) mass is 259 g/mol. The Balaban J connectivity index is 2.32. The first-order chi connectivity index (χ1) is 9.00. The molecule has 2 atom stereocenters. The lowest BCUT2D eigenvalue weighted by molar-refractivity contribution is -0.127. The molecular formula is C14H17N3O2. The molecular weight excluding hydrogens is 242 g/mol. The minimum atomic E-state index is -0.739. The Morgan fingerprint density at radius 1 is 1.58 bits per heavy atom. The third-order valence-electron chi connectivity index (χ3n) is 3.70. The minimum Gasteiger partial charge on any atom is -0.379 e. The number of benzene rings is 1. The molecule has 1 aromatic rings. The molecule has 0 spiro atoms. The van der Waals surface area contributed by atoms with E-state index in [2.05, 4.69) is 6.07 Å². The number of anilines is 1. The standard InChI is InChI=1S/C14H17N3O2/c1-14(9-19-8-12(14)16)13(18)17(2)11-6-4-3-5-10(11)7-15/h3-6,12H,8-9,16H2,1-2H3. The van der Waals surface area contributed by atoms with Crippen molar-refractivity contribution < 1.29 is 9.53 Å². The van der Waals surface area contributed by atoms with Crippen LogP contribution in [0.3, 0.4) is 0 Å². The third kappa shape index (κ3) is 2.21. The lowest BCUT2D eigenvalue weighted by Crippen LogP contribution is -2.50. The molecule has 0 aliphatic carbocycles. The molecule has 1 aliphatic heterocycles. The number of nitriles is 1. The molecule has 0 radical (unpaired) electrons. The molecule has 100 valence electrons. The molecule has 2 rings (SSSR count). The van der Waals surface area contributed by atoms with E-state index in [1.165, 1.54) is 4.90 Å². The van der Waals surface area contributed by atoms with Crippen LogP contribution >= 0.6 is 0 Å². The molecule has 0 aromatic heterocycles. The van der Waals surface area contributed by atoms with Gasteiger partial charge in [-0.3, -0.25) is 4.79 Å². The zero-order chi connectivity index (χ0) is 14.0. The second-order valence-corrected chi connectivity index (χ2v) is 5.03. The Labute approximate surface area is 112 Å². The van der Waals surface area contributed by atoms with Crippen molar-refractivity contribution in [2.75, 3.05) is 25.2 Å². The zero-order valence-corrected chi connectivity index (χ0v) is 11.1. The molecule has 1 fully saturated rings. The lowest BCUT2D eigenvalue weighted by atomic mass is 9.84. The summed E-state index contributed by atoms with van der Waals surface area (Å²) in [5, 5.41) is 9.09. The number of ether oxygens (including phenoxy) is 1. The van der Waals surface area contributed by atoms with Crippen LogP contribution in [0.5, 0.6) is 0 Å². The van der Waals surface area contributed by atoms with Crippen LogP contribution < -0.4 is 10.6 Å². The van der Waals surface area contributed by atoms with Crippen LogP contribution in [0.4, 0.5) is 5.69 Å². The lowest BCUT2D eigenvalue weighted by Gasteiger charge is -2.31. The molecule has 0 saturated carbocycles. The number of amides is 1. The van der Waals surface area contributed by atoms with Crippen molar-refractivity contribution >= 4 is 11.6 Å². The highest BCUT2D eigenvalue weighted by molar-refractivity contribution is 5.98. The Hall–Kier alpha value is -1.90. The number of nitrogens with zero attached hydrogens (tertiary/aromatic N) is 2. The van der Waals surface area contributed by atoms with Crippen LogP contribution in [0.2, 0.25) is 0 Å².